The minimum Gasteiger partial charge on any atom is -0.339 e. The molecule has 4 nitrogen and oxygen atoms in total. The van der Waals surface area contributed by atoms with Gasteiger partial charge in [0.2, 0.25) is 5.89 Å². The van der Waals surface area contributed by atoms with Crippen LogP contribution in [0.2, 0.25) is 0 Å². The Bertz CT molecular complexity index is 277. The van der Waals surface area contributed by atoms with Crippen LogP contribution in [0.4, 0.5) is 0 Å². The molecule has 0 aliphatic carbocycles. The van der Waals surface area contributed by atoms with E-state index in [1.165, 1.54) is 0 Å². The maximum absolute atomic E-state index is 5.46. The lowest BCUT2D eigenvalue weighted by atomic mass is 10.1. The Morgan fingerprint density at radius 1 is 1.53 bits per heavy atom. The Hall–Kier alpha value is -0.550. The van der Waals surface area contributed by atoms with Gasteiger partial charge in [-0.15, -0.1) is 0 Å². The Labute approximate surface area is 95.0 Å². The molecule has 0 saturated carbocycles. The lowest BCUT2D eigenvalue weighted by Crippen LogP contribution is -2.02. The summed E-state index contributed by atoms with van der Waals surface area (Å²) in [5, 5.41) is 3.94. The summed E-state index contributed by atoms with van der Waals surface area (Å²) in [6.45, 7) is 4.94. The summed E-state index contributed by atoms with van der Waals surface area (Å²) in [6.07, 6.45) is 2.02. The van der Waals surface area contributed by atoms with E-state index in [0.29, 0.717) is 5.92 Å². The zero-order chi connectivity index (χ0) is 11.1. The predicted octanol–water partition coefficient (Wildman–Crippen LogP) is 2.17. The topological polar surface area (TPSA) is 64.9 Å². The fourth-order valence-corrected chi connectivity index (χ4v) is 1.77. The highest BCUT2D eigenvalue weighted by Gasteiger charge is 2.13. The van der Waals surface area contributed by atoms with Gasteiger partial charge >= 0.3 is 0 Å². The fourth-order valence-electron chi connectivity index (χ4n) is 1.27. The van der Waals surface area contributed by atoms with Crippen molar-refractivity contribution in [2.24, 2.45) is 5.73 Å². The van der Waals surface area contributed by atoms with Crippen LogP contribution in [0.3, 0.4) is 0 Å². The van der Waals surface area contributed by atoms with Gasteiger partial charge in [-0.05, 0) is 25.1 Å². The van der Waals surface area contributed by atoms with Gasteiger partial charge in [0.25, 0.3) is 0 Å². The van der Waals surface area contributed by atoms with Crippen LogP contribution in [0.15, 0.2) is 4.52 Å². The second-order valence-electron chi connectivity index (χ2n) is 3.52. The van der Waals surface area contributed by atoms with Gasteiger partial charge in [-0.25, -0.2) is 0 Å². The molecule has 1 rings (SSSR count). The van der Waals surface area contributed by atoms with Crippen molar-refractivity contribution in [1.82, 2.24) is 10.1 Å². The van der Waals surface area contributed by atoms with Crippen molar-refractivity contribution in [3.63, 3.8) is 0 Å². The van der Waals surface area contributed by atoms with Crippen molar-refractivity contribution in [1.29, 1.82) is 0 Å². The van der Waals surface area contributed by atoms with E-state index >= 15 is 0 Å². The van der Waals surface area contributed by atoms with E-state index in [1.807, 2.05) is 0 Å². The number of hydrogen-bond acceptors (Lipinski definition) is 5. The Morgan fingerprint density at radius 2 is 2.33 bits per heavy atom. The van der Waals surface area contributed by atoms with Crippen LogP contribution in [0.25, 0.3) is 0 Å². The van der Waals surface area contributed by atoms with E-state index in [4.69, 9.17) is 10.3 Å². The van der Waals surface area contributed by atoms with Gasteiger partial charge in [-0.2, -0.15) is 16.7 Å². The molecule has 2 N–H and O–H groups in total. The van der Waals surface area contributed by atoms with Gasteiger partial charge in [-0.3, -0.25) is 0 Å². The van der Waals surface area contributed by atoms with E-state index in [1.54, 1.807) is 11.8 Å². The summed E-state index contributed by atoms with van der Waals surface area (Å²) < 4.78 is 5.21. The molecular formula is C10H19N3OS. The highest BCUT2D eigenvalue weighted by atomic mass is 32.2. The number of rotatable bonds is 7. The molecule has 0 aliphatic heterocycles. The number of nitrogens with zero attached hydrogens (tertiary/aromatic N) is 2. The van der Waals surface area contributed by atoms with E-state index < -0.39 is 0 Å². The summed E-state index contributed by atoms with van der Waals surface area (Å²) in [5.41, 5.74) is 5.46. The molecule has 0 spiro atoms. The lowest BCUT2D eigenvalue weighted by molar-refractivity contribution is 0.349. The van der Waals surface area contributed by atoms with Crippen molar-refractivity contribution in [2.45, 2.75) is 38.4 Å². The minimum atomic E-state index is 0.321. The highest BCUT2D eigenvalue weighted by Crippen LogP contribution is 2.19. The molecule has 0 amide bonds. The van der Waals surface area contributed by atoms with Gasteiger partial charge < -0.3 is 10.3 Å². The van der Waals surface area contributed by atoms with E-state index in [2.05, 4.69) is 24.0 Å². The van der Waals surface area contributed by atoms with Crippen LogP contribution < -0.4 is 5.73 Å². The van der Waals surface area contributed by atoms with Crippen molar-refractivity contribution in [3.05, 3.63) is 11.7 Å². The fraction of sp³-hybridized carbons (Fsp3) is 0.800. The smallest absolute Gasteiger partial charge is 0.229 e. The minimum absolute atomic E-state index is 0.321. The summed E-state index contributed by atoms with van der Waals surface area (Å²) in [4.78, 5) is 4.36. The zero-order valence-corrected chi connectivity index (χ0v) is 10.2. The molecule has 0 aliphatic rings. The maximum Gasteiger partial charge on any atom is 0.229 e. The van der Waals surface area contributed by atoms with Crippen LogP contribution in [0.1, 0.15) is 44.3 Å². The van der Waals surface area contributed by atoms with Gasteiger partial charge in [0.05, 0.1) is 5.75 Å². The summed E-state index contributed by atoms with van der Waals surface area (Å²) >= 11 is 1.80. The maximum atomic E-state index is 5.46. The third kappa shape index (κ3) is 4.22. The average Bonchev–Trinajstić information content (AvgIpc) is 2.71. The highest BCUT2D eigenvalue weighted by molar-refractivity contribution is 7.98. The number of hydrogen-bond donors (Lipinski definition) is 1. The molecule has 0 radical (unpaired) electrons. The molecule has 1 aromatic heterocycles. The molecule has 5 heteroatoms. The molecule has 1 unspecified atom stereocenters. The monoisotopic (exact) mass is 229 g/mol. The van der Waals surface area contributed by atoms with Crippen molar-refractivity contribution in [2.75, 3.05) is 12.3 Å². The lowest BCUT2D eigenvalue weighted by Gasteiger charge is -2.03. The van der Waals surface area contributed by atoms with Gasteiger partial charge in [0.1, 0.15) is 0 Å². The Kier molecular flexibility index (Phi) is 5.71. The van der Waals surface area contributed by atoms with Gasteiger partial charge in [0, 0.05) is 5.92 Å². The first-order valence-corrected chi connectivity index (χ1v) is 6.53. The molecule has 1 heterocycles. The summed E-state index contributed by atoms with van der Waals surface area (Å²) in [6, 6.07) is 0. The molecule has 15 heavy (non-hydrogen) atoms. The number of nitrogens with two attached hydrogens (primary N) is 1. The number of thioether (sulfide) groups is 1. The van der Waals surface area contributed by atoms with Crippen LogP contribution in [0.5, 0.6) is 0 Å². The second kappa shape index (κ2) is 6.85. The van der Waals surface area contributed by atoms with Crippen molar-refractivity contribution < 1.29 is 4.52 Å². The Balaban J connectivity index is 2.43. The molecule has 0 fully saturated rings. The van der Waals surface area contributed by atoms with Crippen molar-refractivity contribution >= 4 is 11.8 Å². The quantitative estimate of drug-likeness (QED) is 0.776. The van der Waals surface area contributed by atoms with Gasteiger partial charge in [-0.1, -0.05) is 19.0 Å². The SMILES string of the molecule is CCSCc1noc(C(C)CCCN)n1. The first kappa shape index (κ1) is 12.5. The van der Waals surface area contributed by atoms with Crippen molar-refractivity contribution in [3.8, 4) is 0 Å². The van der Waals surface area contributed by atoms with E-state index in [-0.39, 0.29) is 0 Å². The second-order valence-corrected chi connectivity index (χ2v) is 4.79. The molecule has 0 saturated heterocycles. The van der Waals surface area contributed by atoms with Crippen LogP contribution in [0, 0.1) is 0 Å². The third-order valence-corrected chi connectivity index (χ3v) is 3.05. The molecule has 1 aromatic rings. The molecule has 0 bridgehead atoms. The normalized spacial score (nSPS) is 13.0. The third-order valence-electron chi connectivity index (χ3n) is 2.18. The van der Waals surface area contributed by atoms with E-state index in [0.717, 1.165) is 42.6 Å². The van der Waals surface area contributed by atoms with Crippen LogP contribution in [-0.4, -0.2) is 22.4 Å². The zero-order valence-electron chi connectivity index (χ0n) is 9.40. The number of aromatic nitrogens is 2. The first-order chi connectivity index (χ1) is 7.27. The molecule has 1 atom stereocenters. The standard InChI is InChI=1S/C10H19N3OS/c1-3-15-7-9-12-10(14-13-9)8(2)5-4-6-11/h8H,3-7,11H2,1-2H3. The summed E-state index contributed by atoms with van der Waals surface area (Å²) in [5.74, 6) is 3.78. The molecular weight excluding hydrogens is 210 g/mol. The average molecular weight is 229 g/mol. The predicted molar refractivity (Wildman–Crippen MR) is 62.8 cm³/mol. The first-order valence-electron chi connectivity index (χ1n) is 5.38. The molecule has 86 valence electrons. The van der Waals surface area contributed by atoms with E-state index in [9.17, 15) is 0 Å². The van der Waals surface area contributed by atoms with Crippen LogP contribution >= 0.6 is 11.8 Å². The Morgan fingerprint density at radius 3 is 3.00 bits per heavy atom. The van der Waals surface area contributed by atoms with Gasteiger partial charge in [0.15, 0.2) is 5.82 Å². The largest absolute Gasteiger partial charge is 0.339 e. The van der Waals surface area contributed by atoms with Crippen LogP contribution in [-0.2, 0) is 5.75 Å². The summed E-state index contributed by atoms with van der Waals surface area (Å²) in [7, 11) is 0. The molecule has 0 aromatic carbocycles.